The van der Waals surface area contributed by atoms with E-state index in [0.29, 0.717) is 5.92 Å². The summed E-state index contributed by atoms with van der Waals surface area (Å²) in [5, 5.41) is 0. The summed E-state index contributed by atoms with van der Waals surface area (Å²) in [6.07, 6.45) is 6.91. The van der Waals surface area contributed by atoms with Gasteiger partial charge >= 0.3 is 5.97 Å². The molecule has 2 nitrogen and oxygen atoms in total. The van der Waals surface area contributed by atoms with Crippen molar-refractivity contribution in [3.8, 4) is 0 Å². The molecule has 0 aromatic heterocycles. The number of esters is 1. The fourth-order valence-electron chi connectivity index (χ4n) is 4.22. The summed E-state index contributed by atoms with van der Waals surface area (Å²) in [5.74, 6) is 0.479. The van der Waals surface area contributed by atoms with Crippen molar-refractivity contribution in [2.75, 3.05) is 0 Å². The number of fused-ring (bicyclic) bond motifs is 2. The van der Waals surface area contributed by atoms with Crippen LogP contribution < -0.4 is 0 Å². The van der Waals surface area contributed by atoms with E-state index in [1.54, 1.807) is 6.08 Å². The van der Waals surface area contributed by atoms with Crippen LogP contribution in [0.25, 0.3) is 6.08 Å². The number of rotatable bonds is 3. The Labute approximate surface area is 127 Å². The Morgan fingerprint density at radius 3 is 2.52 bits per heavy atom. The predicted octanol–water partition coefficient (Wildman–Crippen LogP) is 4.46. The van der Waals surface area contributed by atoms with E-state index in [9.17, 15) is 4.79 Å². The van der Waals surface area contributed by atoms with Gasteiger partial charge in [0.25, 0.3) is 0 Å². The van der Waals surface area contributed by atoms with Crippen LogP contribution in [-0.2, 0) is 9.53 Å². The Bertz CT molecular complexity index is 558. The van der Waals surface area contributed by atoms with Crippen LogP contribution in [0.5, 0.6) is 0 Å². The average molecular weight is 284 g/mol. The Morgan fingerprint density at radius 2 is 1.95 bits per heavy atom. The Balaban J connectivity index is 1.66. The van der Waals surface area contributed by atoms with E-state index < -0.39 is 0 Å². The Kier molecular flexibility index (Phi) is 3.43. The van der Waals surface area contributed by atoms with Gasteiger partial charge in [-0.3, -0.25) is 0 Å². The third kappa shape index (κ3) is 2.31. The van der Waals surface area contributed by atoms with Gasteiger partial charge < -0.3 is 4.74 Å². The number of hydrogen-bond donors (Lipinski definition) is 0. The van der Waals surface area contributed by atoms with Gasteiger partial charge in [0.05, 0.1) is 0 Å². The lowest BCUT2D eigenvalue weighted by Gasteiger charge is -2.38. The average Bonchev–Trinajstić information content (AvgIpc) is 2.79. The van der Waals surface area contributed by atoms with Crippen molar-refractivity contribution < 1.29 is 9.53 Å². The zero-order valence-electron chi connectivity index (χ0n) is 13.1. The highest BCUT2D eigenvalue weighted by molar-refractivity contribution is 5.87. The first kappa shape index (κ1) is 14.4. The fourth-order valence-corrected chi connectivity index (χ4v) is 4.22. The highest BCUT2D eigenvalue weighted by Crippen LogP contribution is 2.66. The van der Waals surface area contributed by atoms with Gasteiger partial charge in [-0.05, 0) is 42.2 Å². The maximum absolute atomic E-state index is 12.1. The molecule has 2 aliphatic carbocycles. The molecule has 0 amide bonds. The lowest BCUT2D eigenvalue weighted by atomic mass is 9.70. The largest absolute Gasteiger partial charge is 0.459 e. The highest BCUT2D eigenvalue weighted by atomic mass is 16.5. The number of hydrogen-bond acceptors (Lipinski definition) is 2. The molecular formula is C19H24O2. The zero-order valence-corrected chi connectivity index (χ0v) is 13.1. The second kappa shape index (κ2) is 5.01. The van der Waals surface area contributed by atoms with Crippen molar-refractivity contribution in [3.63, 3.8) is 0 Å². The monoisotopic (exact) mass is 284 g/mol. The maximum atomic E-state index is 12.1. The standard InChI is InChI=1S/C19H24O2/c1-18(2)15-11-12-19(18,3)16(13-15)21-17(20)10-9-14-7-5-4-6-8-14/h4-10,15-16H,11-13H2,1-3H3/b10-9+/t15-,16-,19-/m0/s1. The first-order chi connectivity index (χ1) is 9.93. The van der Waals surface area contributed by atoms with Gasteiger partial charge in [-0.25, -0.2) is 4.79 Å². The topological polar surface area (TPSA) is 26.3 Å². The number of ether oxygens (including phenoxy) is 1. The summed E-state index contributed by atoms with van der Waals surface area (Å²) in [7, 11) is 0. The molecule has 2 saturated carbocycles. The van der Waals surface area contributed by atoms with Gasteiger partial charge in [-0.15, -0.1) is 0 Å². The Morgan fingerprint density at radius 1 is 1.24 bits per heavy atom. The van der Waals surface area contributed by atoms with Crippen molar-refractivity contribution in [1.29, 1.82) is 0 Å². The van der Waals surface area contributed by atoms with Crippen molar-refractivity contribution in [3.05, 3.63) is 42.0 Å². The molecule has 0 heterocycles. The number of carbonyl (C=O) groups excluding carboxylic acids is 1. The van der Waals surface area contributed by atoms with Crippen LogP contribution in [0.1, 0.15) is 45.6 Å². The molecule has 2 heteroatoms. The molecular weight excluding hydrogens is 260 g/mol. The smallest absolute Gasteiger partial charge is 0.331 e. The minimum absolute atomic E-state index is 0.0687. The van der Waals surface area contributed by atoms with E-state index >= 15 is 0 Å². The predicted molar refractivity (Wildman–Crippen MR) is 84.6 cm³/mol. The maximum Gasteiger partial charge on any atom is 0.331 e. The molecule has 2 bridgehead atoms. The second-order valence-corrected chi connectivity index (χ2v) is 7.28. The third-order valence-corrected chi connectivity index (χ3v) is 6.18. The van der Waals surface area contributed by atoms with Crippen LogP contribution >= 0.6 is 0 Å². The second-order valence-electron chi connectivity index (χ2n) is 7.28. The molecule has 21 heavy (non-hydrogen) atoms. The van der Waals surface area contributed by atoms with Crippen molar-refractivity contribution >= 4 is 12.0 Å². The zero-order chi connectivity index (χ0) is 15.1. The lowest BCUT2D eigenvalue weighted by molar-refractivity contribution is -0.150. The van der Waals surface area contributed by atoms with E-state index in [0.717, 1.165) is 12.0 Å². The van der Waals surface area contributed by atoms with Crippen LogP contribution in [-0.4, -0.2) is 12.1 Å². The Hall–Kier alpha value is -1.57. The quantitative estimate of drug-likeness (QED) is 0.605. The molecule has 2 aliphatic rings. The van der Waals surface area contributed by atoms with E-state index in [-0.39, 0.29) is 22.9 Å². The molecule has 0 N–H and O–H groups in total. The molecule has 0 spiro atoms. The normalized spacial score (nSPS) is 33.5. The number of benzene rings is 1. The molecule has 112 valence electrons. The summed E-state index contributed by atoms with van der Waals surface area (Å²) in [5.41, 5.74) is 1.43. The summed E-state index contributed by atoms with van der Waals surface area (Å²) in [4.78, 5) is 12.1. The molecule has 3 rings (SSSR count). The van der Waals surface area contributed by atoms with E-state index in [4.69, 9.17) is 4.74 Å². The molecule has 0 saturated heterocycles. The van der Waals surface area contributed by atoms with Gasteiger partial charge in [-0.2, -0.15) is 0 Å². The first-order valence-corrected chi connectivity index (χ1v) is 7.87. The van der Waals surface area contributed by atoms with Gasteiger partial charge in [0.1, 0.15) is 6.10 Å². The third-order valence-electron chi connectivity index (χ3n) is 6.18. The summed E-state index contributed by atoms with van der Waals surface area (Å²) in [6, 6.07) is 9.85. The minimum atomic E-state index is -0.214. The van der Waals surface area contributed by atoms with Crippen molar-refractivity contribution in [1.82, 2.24) is 0 Å². The molecule has 1 aromatic carbocycles. The molecule has 1 aromatic rings. The van der Waals surface area contributed by atoms with E-state index in [1.165, 1.54) is 12.8 Å². The molecule has 0 aliphatic heterocycles. The van der Waals surface area contributed by atoms with Crippen LogP contribution in [0.15, 0.2) is 36.4 Å². The summed E-state index contributed by atoms with van der Waals surface area (Å²) >= 11 is 0. The van der Waals surface area contributed by atoms with Gasteiger partial charge in [0, 0.05) is 11.5 Å². The molecule has 0 unspecified atom stereocenters. The van der Waals surface area contributed by atoms with Gasteiger partial charge in [-0.1, -0.05) is 51.1 Å². The molecule has 2 fully saturated rings. The molecule has 3 atom stereocenters. The first-order valence-electron chi connectivity index (χ1n) is 7.87. The van der Waals surface area contributed by atoms with Crippen LogP contribution in [0, 0.1) is 16.7 Å². The summed E-state index contributed by atoms with van der Waals surface area (Å²) < 4.78 is 5.78. The SMILES string of the molecule is CC1(C)[C@H]2CC[C@@]1(C)[C@@H](OC(=O)/C=C/c1ccccc1)C2. The highest BCUT2D eigenvalue weighted by Gasteiger charge is 2.62. The van der Waals surface area contributed by atoms with Crippen molar-refractivity contribution in [2.24, 2.45) is 16.7 Å². The van der Waals surface area contributed by atoms with Gasteiger partial charge in [0.15, 0.2) is 0 Å². The van der Waals surface area contributed by atoms with Crippen molar-refractivity contribution in [2.45, 2.75) is 46.1 Å². The number of carbonyl (C=O) groups is 1. The van der Waals surface area contributed by atoms with Crippen LogP contribution in [0.2, 0.25) is 0 Å². The van der Waals surface area contributed by atoms with E-state index in [1.807, 2.05) is 36.4 Å². The van der Waals surface area contributed by atoms with E-state index in [2.05, 4.69) is 20.8 Å². The van der Waals surface area contributed by atoms with Gasteiger partial charge in [0.2, 0.25) is 0 Å². The minimum Gasteiger partial charge on any atom is -0.459 e. The fraction of sp³-hybridized carbons (Fsp3) is 0.526. The summed E-state index contributed by atoms with van der Waals surface area (Å²) in [6.45, 7) is 6.95. The van der Waals surface area contributed by atoms with Crippen LogP contribution in [0.3, 0.4) is 0 Å². The molecule has 0 radical (unpaired) electrons. The van der Waals surface area contributed by atoms with Crippen LogP contribution in [0.4, 0.5) is 0 Å². The lowest BCUT2D eigenvalue weighted by Crippen LogP contribution is -2.38.